The fourth-order valence-electron chi connectivity index (χ4n) is 4.52. The molecule has 6 heteroatoms. The van der Waals surface area contributed by atoms with E-state index in [4.69, 9.17) is 18.9 Å². The highest BCUT2D eigenvalue weighted by atomic mass is 127. The Morgan fingerprint density at radius 2 is 1.05 bits per heavy atom. The molecule has 0 unspecified atom stereocenters. The Labute approximate surface area is 249 Å². The highest BCUT2D eigenvalue weighted by Crippen LogP contribution is 2.40. The molecule has 202 valence electrons. The summed E-state index contributed by atoms with van der Waals surface area (Å²) >= 11 is 4.21. The second kappa shape index (κ2) is 15.0. The molecule has 4 aromatic carbocycles. The lowest BCUT2D eigenvalue weighted by Crippen LogP contribution is -2.57. The Balaban J connectivity index is 1.37. The molecule has 0 amide bonds. The third-order valence-electron chi connectivity index (χ3n) is 6.53. The Bertz CT molecular complexity index is 1230. The number of ether oxygens (including phenoxy) is 4. The zero-order chi connectivity index (χ0) is 26.7. The maximum Gasteiger partial charge on any atom is 0.122 e. The zero-order valence-electron chi connectivity index (χ0n) is 21.7. The molecule has 4 aromatic rings. The molecule has 0 spiro atoms. The van der Waals surface area contributed by atoms with Gasteiger partial charge >= 0.3 is 0 Å². The van der Waals surface area contributed by atoms with Gasteiger partial charge in [-0.25, -0.2) is 0 Å². The SMILES string of the molecule is I[C@H]1[C@@H](OCc2ccccc2)[C@H](OCc2ccccc2)[C@@H](COCc2ccccc2)O[C@@H]1Sc1ccccc1. The molecule has 5 atom stereocenters. The fourth-order valence-corrected chi connectivity index (χ4v) is 6.81. The van der Waals surface area contributed by atoms with Crippen molar-refractivity contribution in [3.05, 3.63) is 138 Å². The van der Waals surface area contributed by atoms with E-state index in [9.17, 15) is 0 Å². The van der Waals surface area contributed by atoms with Gasteiger partial charge in [0.1, 0.15) is 23.7 Å². The van der Waals surface area contributed by atoms with Gasteiger partial charge in [0.15, 0.2) is 0 Å². The minimum atomic E-state index is -0.292. The molecule has 5 rings (SSSR count). The zero-order valence-corrected chi connectivity index (χ0v) is 24.7. The Morgan fingerprint density at radius 1 is 0.590 bits per heavy atom. The lowest BCUT2D eigenvalue weighted by molar-refractivity contribution is -0.199. The minimum Gasteiger partial charge on any atom is -0.374 e. The van der Waals surface area contributed by atoms with Crippen molar-refractivity contribution in [2.24, 2.45) is 0 Å². The largest absolute Gasteiger partial charge is 0.374 e. The van der Waals surface area contributed by atoms with Gasteiger partial charge in [0, 0.05) is 4.90 Å². The van der Waals surface area contributed by atoms with E-state index in [2.05, 4.69) is 83.3 Å². The molecule has 0 aliphatic carbocycles. The molecule has 0 radical (unpaired) electrons. The van der Waals surface area contributed by atoms with E-state index in [1.54, 1.807) is 11.8 Å². The van der Waals surface area contributed by atoms with Crippen LogP contribution in [0.4, 0.5) is 0 Å². The smallest absolute Gasteiger partial charge is 0.122 e. The third-order valence-corrected chi connectivity index (χ3v) is 9.56. The van der Waals surface area contributed by atoms with Crippen LogP contribution < -0.4 is 0 Å². The van der Waals surface area contributed by atoms with Gasteiger partial charge in [-0.2, -0.15) is 0 Å². The first kappa shape index (κ1) is 28.3. The number of halogens is 1. The van der Waals surface area contributed by atoms with Crippen LogP contribution in [0.3, 0.4) is 0 Å². The van der Waals surface area contributed by atoms with Crippen LogP contribution in [0.25, 0.3) is 0 Å². The normalized spacial score (nSPS) is 22.9. The van der Waals surface area contributed by atoms with Crippen molar-refractivity contribution >= 4 is 34.4 Å². The molecule has 1 saturated heterocycles. The number of alkyl halides is 1. The van der Waals surface area contributed by atoms with Crippen molar-refractivity contribution in [1.29, 1.82) is 0 Å². The van der Waals surface area contributed by atoms with Crippen molar-refractivity contribution in [2.45, 2.75) is 52.4 Å². The van der Waals surface area contributed by atoms with E-state index in [0.717, 1.165) is 16.7 Å². The summed E-state index contributed by atoms with van der Waals surface area (Å²) in [5, 5.41) is 0. The van der Waals surface area contributed by atoms with Gasteiger partial charge in [-0.15, -0.1) is 0 Å². The Hall–Kier alpha value is -2.20. The minimum absolute atomic E-state index is 0.0580. The molecule has 1 heterocycles. The number of thioether (sulfide) groups is 1. The maximum absolute atomic E-state index is 6.75. The Kier molecular flexibility index (Phi) is 10.9. The fraction of sp³-hybridized carbons (Fsp3) is 0.273. The van der Waals surface area contributed by atoms with Crippen LogP contribution >= 0.6 is 34.4 Å². The number of hydrogen-bond acceptors (Lipinski definition) is 5. The van der Waals surface area contributed by atoms with Gasteiger partial charge in [0.2, 0.25) is 0 Å². The Morgan fingerprint density at radius 3 is 1.59 bits per heavy atom. The maximum atomic E-state index is 6.75. The summed E-state index contributed by atoms with van der Waals surface area (Å²) in [6.45, 7) is 1.92. The molecule has 0 aromatic heterocycles. The van der Waals surface area contributed by atoms with Crippen LogP contribution in [-0.4, -0.2) is 34.3 Å². The monoisotopic (exact) mass is 652 g/mol. The second-order valence-electron chi connectivity index (χ2n) is 9.44. The van der Waals surface area contributed by atoms with Crippen LogP contribution in [0.15, 0.2) is 126 Å². The van der Waals surface area contributed by atoms with E-state index in [1.165, 1.54) is 4.90 Å². The third kappa shape index (κ3) is 8.39. The van der Waals surface area contributed by atoms with E-state index >= 15 is 0 Å². The summed E-state index contributed by atoms with van der Waals surface area (Å²) in [7, 11) is 0. The summed E-state index contributed by atoms with van der Waals surface area (Å²) < 4.78 is 26.3. The van der Waals surface area contributed by atoms with Gasteiger partial charge in [0.25, 0.3) is 0 Å². The first-order valence-electron chi connectivity index (χ1n) is 13.2. The van der Waals surface area contributed by atoms with Crippen LogP contribution in [0.2, 0.25) is 0 Å². The van der Waals surface area contributed by atoms with E-state index in [-0.39, 0.29) is 27.7 Å². The average Bonchev–Trinajstić information content (AvgIpc) is 2.99. The van der Waals surface area contributed by atoms with E-state index < -0.39 is 0 Å². The van der Waals surface area contributed by atoms with Crippen molar-refractivity contribution in [3.63, 3.8) is 0 Å². The second-order valence-corrected chi connectivity index (χ2v) is 12.1. The van der Waals surface area contributed by atoms with Crippen molar-refractivity contribution in [3.8, 4) is 0 Å². The molecular formula is C33H33IO4S. The molecule has 1 fully saturated rings. The van der Waals surface area contributed by atoms with Crippen molar-refractivity contribution < 1.29 is 18.9 Å². The highest BCUT2D eigenvalue weighted by molar-refractivity contribution is 14.1. The molecule has 4 nitrogen and oxygen atoms in total. The van der Waals surface area contributed by atoms with Crippen LogP contribution in [0.1, 0.15) is 16.7 Å². The molecule has 1 aliphatic heterocycles. The van der Waals surface area contributed by atoms with Gasteiger partial charge in [-0.05, 0) is 28.8 Å². The summed E-state index contributed by atoms with van der Waals surface area (Å²) in [4.78, 5) is 1.17. The number of hydrogen-bond donors (Lipinski definition) is 0. The van der Waals surface area contributed by atoms with Crippen molar-refractivity contribution in [1.82, 2.24) is 0 Å². The molecular weight excluding hydrogens is 619 g/mol. The first-order valence-corrected chi connectivity index (χ1v) is 15.3. The first-order chi connectivity index (χ1) is 19.3. The summed E-state index contributed by atoms with van der Waals surface area (Å²) in [6, 6.07) is 41.2. The quantitative estimate of drug-likeness (QED) is 0.116. The number of benzene rings is 4. The molecule has 39 heavy (non-hydrogen) atoms. The van der Waals surface area contributed by atoms with E-state index in [0.29, 0.717) is 26.4 Å². The van der Waals surface area contributed by atoms with Crippen LogP contribution in [0.5, 0.6) is 0 Å². The van der Waals surface area contributed by atoms with Gasteiger partial charge in [-0.3, -0.25) is 0 Å². The van der Waals surface area contributed by atoms with Crippen LogP contribution in [0, 0.1) is 0 Å². The molecule has 0 N–H and O–H groups in total. The molecule has 0 bridgehead atoms. The standard InChI is InChI=1S/C33H33IO4S/c34-30-32(37-23-27-17-9-3-10-18-27)31(36-22-26-15-7-2-8-16-26)29(24-35-21-25-13-5-1-6-14-25)38-33(30)39-28-19-11-4-12-20-28/h1-20,29-33H,21-24H2/t29-,30+,31-,32-,33-/m1/s1. The van der Waals surface area contributed by atoms with Gasteiger partial charge < -0.3 is 18.9 Å². The predicted molar refractivity (Wildman–Crippen MR) is 165 cm³/mol. The predicted octanol–water partition coefficient (Wildman–Crippen LogP) is 7.69. The van der Waals surface area contributed by atoms with Crippen molar-refractivity contribution in [2.75, 3.05) is 6.61 Å². The topological polar surface area (TPSA) is 36.9 Å². The average molecular weight is 653 g/mol. The lowest BCUT2D eigenvalue weighted by Gasteiger charge is -2.44. The molecule has 1 aliphatic rings. The van der Waals surface area contributed by atoms with Crippen LogP contribution in [-0.2, 0) is 38.8 Å². The summed E-state index contributed by atoms with van der Waals surface area (Å²) in [5.41, 5.74) is 3.28. The van der Waals surface area contributed by atoms with Gasteiger partial charge in [-0.1, -0.05) is 144 Å². The van der Waals surface area contributed by atoms with E-state index in [1.807, 2.05) is 60.7 Å². The number of rotatable bonds is 12. The van der Waals surface area contributed by atoms with Gasteiger partial charge in [0.05, 0.1) is 30.4 Å². The highest BCUT2D eigenvalue weighted by Gasteiger charge is 2.47. The molecule has 0 saturated carbocycles. The summed E-state index contributed by atoms with van der Waals surface area (Å²) in [5.74, 6) is 0. The summed E-state index contributed by atoms with van der Waals surface area (Å²) in [6.07, 6.45) is -0.764. The lowest BCUT2D eigenvalue weighted by atomic mass is 10.0.